The van der Waals surface area contributed by atoms with E-state index in [9.17, 15) is 0 Å². The van der Waals surface area contributed by atoms with Crippen LogP contribution in [0.15, 0.2) is 213 Å². The maximum Gasteiger partial charge on any atom is 0.0490 e. The molecule has 0 N–H and O–H groups in total. The molecule has 0 aromatic heterocycles. The number of rotatable bonds is 9. The number of benzene rings is 10. The maximum atomic E-state index is 3.91. The second-order valence-electron chi connectivity index (χ2n) is 16.7. The summed E-state index contributed by atoms with van der Waals surface area (Å²) in [5.41, 5.74) is 16.3. The molecule has 1 nitrogen and oxygen atoms in total. The highest BCUT2D eigenvalue weighted by Crippen LogP contribution is 2.46. The van der Waals surface area contributed by atoms with Gasteiger partial charge in [-0.15, -0.1) is 6.58 Å². The Morgan fingerprint density at radius 3 is 1.75 bits per heavy atom. The molecule has 0 aliphatic carbocycles. The molecule has 0 saturated carbocycles. The predicted octanol–water partition coefficient (Wildman–Crippen LogP) is 17.9. The molecule has 0 aliphatic rings. The third-order valence-electron chi connectivity index (χ3n) is 12.7. The van der Waals surface area contributed by atoms with Crippen LogP contribution in [-0.4, -0.2) is 7.05 Å². The molecule has 1 heteroatoms. The fourth-order valence-corrected chi connectivity index (χ4v) is 9.57. The Kier molecular flexibility index (Phi) is 11.9. The van der Waals surface area contributed by atoms with Crippen LogP contribution in [0.4, 0.5) is 11.4 Å². The summed E-state index contributed by atoms with van der Waals surface area (Å²) in [4.78, 5) is 2.33. The predicted molar refractivity (Wildman–Crippen MR) is 282 cm³/mol. The molecule has 0 saturated heterocycles. The topological polar surface area (TPSA) is 3.24 Å². The summed E-state index contributed by atoms with van der Waals surface area (Å²) in [5.74, 6) is 0. The molecule has 0 unspecified atom stereocenters. The van der Waals surface area contributed by atoms with Crippen LogP contribution in [0.2, 0.25) is 0 Å². The van der Waals surface area contributed by atoms with E-state index in [1.165, 1.54) is 110 Å². The van der Waals surface area contributed by atoms with Crippen LogP contribution in [0.5, 0.6) is 0 Å². The number of hydrogen-bond acceptors (Lipinski definition) is 1. The molecular weight excluding hydrogens is 771 g/mol. The molecular formula is C63H53N. The fraction of sp³-hybridized carbons (Fsp3) is 0.0794. The smallest absolute Gasteiger partial charge is 0.0490 e. The fourth-order valence-electron chi connectivity index (χ4n) is 9.57. The highest BCUT2D eigenvalue weighted by Gasteiger charge is 2.19. The van der Waals surface area contributed by atoms with Crippen molar-refractivity contribution in [3.63, 3.8) is 0 Å². The van der Waals surface area contributed by atoms with Gasteiger partial charge in [-0.05, 0) is 138 Å². The lowest BCUT2D eigenvalue weighted by Gasteiger charge is -2.27. The molecule has 10 aromatic rings. The summed E-state index contributed by atoms with van der Waals surface area (Å²) in [5, 5.41) is 10.2. The summed E-state index contributed by atoms with van der Waals surface area (Å²) in [7, 11) is 2.17. The van der Waals surface area contributed by atoms with Gasteiger partial charge in [-0.25, -0.2) is 0 Å². The number of allylic oxidation sites excluding steroid dienone is 2. The second-order valence-corrected chi connectivity index (χ2v) is 16.7. The number of para-hydroxylation sites is 1. The Morgan fingerprint density at radius 1 is 0.469 bits per heavy atom. The first-order valence-electron chi connectivity index (χ1n) is 22.2. The first-order valence-corrected chi connectivity index (χ1v) is 22.2. The monoisotopic (exact) mass is 823 g/mol. The lowest BCUT2D eigenvalue weighted by atomic mass is 9.84. The van der Waals surface area contributed by atoms with Gasteiger partial charge >= 0.3 is 0 Å². The van der Waals surface area contributed by atoms with Crippen LogP contribution in [0.3, 0.4) is 0 Å². The minimum absolute atomic E-state index is 0.874. The van der Waals surface area contributed by atoms with E-state index < -0.39 is 0 Å². The molecule has 0 atom stereocenters. The number of nitrogens with zero attached hydrogens (tertiary/aromatic N) is 1. The summed E-state index contributed by atoms with van der Waals surface area (Å²) in [6.45, 7) is 14.3. The summed E-state index contributed by atoms with van der Waals surface area (Å²) < 4.78 is 0. The number of aryl methyl sites for hydroxylation is 3. The maximum absolute atomic E-state index is 3.91. The minimum atomic E-state index is 0.874. The van der Waals surface area contributed by atoms with Crippen molar-refractivity contribution in [2.45, 2.75) is 27.2 Å². The number of hydrogen-bond donors (Lipinski definition) is 0. The van der Waals surface area contributed by atoms with Gasteiger partial charge in [0.1, 0.15) is 0 Å². The highest BCUT2D eigenvalue weighted by atomic mass is 15.1. The van der Waals surface area contributed by atoms with Crippen molar-refractivity contribution in [1.82, 2.24) is 0 Å². The van der Waals surface area contributed by atoms with Gasteiger partial charge in [0, 0.05) is 24.0 Å². The molecule has 64 heavy (non-hydrogen) atoms. The lowest BCUT2D eigenvalue weighted by molar-refractivity contribution is 1.16. The Morgan fingerprint density at radius 2 is 1.05 bits per heavy atom. The number of anilines is 2. The van der Waals surface area contributed by atoms with Crippen LogP contribution >= 0.6 is 0 Å². The zero-order valence-corrected chi connectivity index (χ0v) is 37.3. The van der Waals surface area contributed by atoms with Crippen LogP contribution in [0.25, 0.3) is 88.6 Å². The van der Waals surface area contributed by atoms with Gasteiger partial charge in [0.25, 0.3) is 0 Å². The van der Waals surface area contributed by atoms with E-state index in [1.54, 1.807) is 0 Å². The van der Waals surface area contributed by atoms with E-state index in [0.717, 1.165) is 12.0 Å². The molecule has 0 bridgehead atoms. The molecule has 0 aliphatic heterocycles. The van der Waals surface area contributed by atoms with Crippen LogP contribution < -0.4 is 4.90 Å². The Labute approximate surface area is 378 Å². The Bertz CT molecular complexity index is 3340. The Hall–Kier alpha value is -7.74. The van der Waals surface area contributed by atoms with E-state index in [-0.39, 0.29) is 0 Å². The molecule has 10 rings (SSSR count). The van der Waals surface area contributed by atoms with Gasteiger partial charge in [-0.3, -0.25) is 0 Å². The van der Waals surface area contributed by atoms with Crippen molar-refractivity contribution in [3.05, 3.63) is 241 Å². The van der Waals surface area contributed by atoms with Crippen molar-refractivity contribution in [1.29, 1.82) is 0 Å². The van der Waals surface area contributed by atoms with Gasteiger partial charge in [0.2, 0.25) is 0 Å². The molecule has 0 fully saturated rings. The van der Waals surface area contributed by atoms with Crippen molar-refractivity contribution < 1.29 is 0 Å². The van der Waals surface area contributed by atoms with Gasteiger partial charge in [-0.2, -0.15) is 0 Å². The van der Waals surface area contributed by atoms with Crippen molar-refractivity contribution in [2.24, 2.45) is 0 Å². The standard InChI is InChI=1S/C38H26.C25H27N/c1-2-26-19-21-27(22-20-26)30-23-24-35-36(25-30)37(29-12-4-3-5-13-29)33-16-8-9-17-34(33)38(35)32-18-10-14-28-11-6-7-15-31(28)32;1-6-7-8-16-23-20(4)22-15-10-9-14-21(22)17-24(23)26(5)25-18(2)12-11-13-19(25)3/h2-25H,1H2;6,8-17H,1,7H2,2-5H3/b;16-8-. The van der Waals surface area contributed by atoms with E-state index in [1.807, 2.05) is 12.2 Å². The molecule has 310 valence electrons. The van der Waals surface area contributed by atoms with Gasteiger partial charge in [0.15, 0.2) is 0 Å². The highest BCUT2D eigenvalue weighted by molar-refractivity contribution is 6.24. The molecule has 0 radical (unpaired) electrons. The van der Waals surface area contributed by atoms with Gasteiger partial charge in [-0.1, -0.05) is 207 Å². The van der Waals surface area contributed by atoms with Crippen molar-refractivity contribution >= 4 is 66.6 Å². The molecule has 0 heterocycles. The average Bonchev–Trinajstić information content (AvgIpc) is 3.34. The van der Waals surface area contributed by atoms with Crippen LogP contribution in [0.1, 0.15) is 34.2 Å². The lowest BCUT2D eigenvalue weighted by Crippen LogP contribution is -2.14. The first kappa shape index (κ1) is 41.6. The third-order valence-corrected chi connectivity index (χ3v) is 12.7. The molecule has 0 amide bonds. The normalized spacial score (nSPS) is 11.2. The molecule has 0 spiro atoms. The largest absolute Gasteiger partial charge is 0.344 e. The van der Waals surface area contributed by atoms with E-state index >= 15 is 0 Å². The van der Waals surface area contributed by atoms with E-state index in [2.05, 4.69) is 246 Å². The summed E-state index contributed by atoms with van der Waals surface area (Å²) in [6, 6.07) is 68.0. The van der Waals surface area contributed by atoms with Gasteiger partial charge < -0.3 is 4.90 Å². The van der Waals surface area contributed by atoms with Gasteiger partial charge in [0.05, 0.1) is 0 Å². The van der Waals surface area contributed by atoms with E-state index in [4.69, 9.17) is 0 Å². The first-order chi connectivity index (χ1) is 31.4. The van der Waals surface area contributed by atoms with E-state index in [0.29, 0.717) is 0 Å². The summed E-state index contributed by atoms with van der Waals surface area (Å²) in [6.07, 6.45) is 9.12. The van der Waals surface area contributed by atoms with Crippen molar-refractivity contribution in [2.75, 3.05) is 11.9 Å². The minimum Gasteiger partial charge on any atom is -0.344 e. The SMILES string of the molecule is C=CC/C=C\c1c(N(C)c2c(C)cccc2C)cc2ccccc2c1C.C=Cc1ccc(-c2ccc3c(-c4cccc5ccccc45)c4ccccc4c(-c4ccccc4)c3c2)cc1. The quantitative estimate of drug-likeness (QED) is 0.104. The van der Waals surface area contributed by atoms with Crippen molar-refractivity contribution in [3.8, 4) is 33.4 Å². The molecule has 10 aromatic carbocycles. The Balaban J connectivity index is 0.000000175. The van der Waals surface area contributed by atoms with Crippen LogP contribution in [0, 0.1) is 20.8 Å². The average molecular weight is 824 g/mol. The second kappa shape index (κ2) is 18.3. The zero-order valence-electron chi connectivity index (χ0n) is 37.3. The summed E-state index contributed by atoms with van der Waals surface area (Å²) >= 11 is 0. The number of fused-ring (bicyclic) bond motifs is 4. The zero-order chi connectivity index (χ0) is 44.2. The third kappa shape index (κ3) is 7.94. The van der Waals surface area contributed by atoms with Crippen LogP contribution in [-0.2, 0) is 0 Å².